The van der Waals surface area contributed by atoms with E-state index in [0.29, 0.717) is 29.5 Å². The van der Waals surface area contributed by atoms with Crippen LogP contribution in [0.15, 0.2) is 0 Å². The van der Waals surface area contributed by atoms with Gasteiger partial charge in [0.25, 0.3) is 0 Å². The summed E-state index contributed by atoms with van der Waals surface area (Å²) in [6.07, 6.45) is 2.97. The lowest BCUT2D eigenvalue weighted by molar-refractivity contribution is 0.122. The highest BCUT2D eigenvalue weighted by Gasteiger charge is 2.17. The lowest BCUT2D eigenvalue weighted by atomic mass is 10.1. The summed E-state index contributed by atoms with van der Waals surface area (Å²) in [5, 5.41) is 0.954. The Hall–Kier alpha value is -0.580. The fraction of sp³-hybridized carbons (Fsp3) is 0.667. The molecule has 0 atom stereocenters. The van der Waals surface area contributed by atoms with Gasteiger partial charge in [0.15, 0.2) is 0 Å². The molecule has 2 heterocycles. The molecule has 1 aliphatic heterocycles. The maximum Gasteiger partial charge on any atom is 0.228 e. The number of nitrogens with zero attached hydrogens (tertiary/aromatic N) is 3. The van der Waals surface area contributed by atoms with Crippen molar-refractivity contribution >= 4 is 29.2 Å². The van der Waals surface area contributed by atoms with E-state index < -0.39 is 0 Å². The molecule has 18 heavy (non-hydrogen) atoms. The molecule has 1 saturated heterocycles. The highest BCUT2D eigenvalue weighted by molar-refractivity contribution is 6.34. The number of rotatable bonds is 4. The first-order chi connectivity index (χ1) is 8.72. The molecule has 6 heteroatoms. The van der Waals surface area contributed by atoms with E-state index in [1.165, 1.54) is 0 Å². The monoisotopic (exact) mass is 289 g/mol. The average Bonchev–Trinajstić information content (AvgIpc) is 2.39. The molecule has 2 rings (SSSR count). The van der Waals surface area contributed by atoms with Gasteiger partial charge in [0.05, 0.1) is 13.2 Å². The zero-order valence-corrected chi connectivity index (χ0v) is 12.0. The lowest BCUT2D eigenvalue weighted by Gasteiger charge is -2.27. The van der Waals surface area contributed by atoms with Crippen molar-refractivity contribution in [3.05, 3.63) is 15.9 Å². The molecule has 0 bridgehead atoms. The van der Waals surface area contributed by atoms with E-state index in [9.17, 15) is 0 Å². The van der Waals surface area contributed by atoms with Crippen LogP contribution in [0, 0.1) is 0 Å². The van der Waals surface area contributed by atoms with Crippen LogP contribution in [0.25, 0.3) is 0 Å². The topological polar surface area (TPSA) is 38.2 Å². The van der Waals surface area contributed by atoms with Crippen LogP contribution in [0.3, 0.4) is 0 Å². The van der Waals surface area contributed by atoms with Gasteiger partial charge in [0.2, 0.25) is 5.95 Å². The predicted octanol–water partition coefficient (Wildman–Crippen LogP) is 2.96. The third kappa shape index (κ3) is 3.25. The van der Waals surface area contributed by atoms with E-state index in [-0.39, 0.29) is 0 Å². The Morgan fingerprint density at radius 2 is 1.78 bits per heavy atom. The third-order valence-electron chi connectivity index (χ3n) is 2.97. The molecule has 4 nitrogen and oxygen atoms in total. The molecule has 0 radical (unpaired) electrons. The van der Waals surface area contributed by atoms with Crippen LogP contribution >= 0.6 is 23.2 Å². The maximum absolute atomic E-state index is 6.20. The first-order valence-electron chi connectivity index (χ1n) is 6.27. The molecular formula is C12H17Cl2N3O. The van der Waals surface area contributed by atoms with Crippen molar-refractivity contribution in [2.24, 2.45) is 0 Å². The van der Waals surface area contributed by atoms with Crippen LogP contribution in [0.1, 0.15) is 25.3 Å². The van der Waals surface area contributed by atoms with Gasteiger partial charge in [-0.2, -0.15) is 0 Å². The highest BCUT2D eigenvalue weighted by Crippen LogP contribution is 2.26. The second-order valence-corrected chi connectivity index (χ2v) is 5.00. The van der Waals surface area contributed by atoms with Gasteiger partial charge >= 0.3 is 0 Å². The van der Waals surface area contributed by atoms with Crippen molar-refractivity contribution in [1.29, 1.82) is 0 Å². The van der Waals surface area contributed by atoms with Gasteiger partial charge < -0.3 is 9.64 Å². The van der Waals surface area contributed by atoms with E-state index in [1.807, 2.05) is 4.90 Å². The number of hydrogen-bond donors (Lipinski definition) is 0. The van der Waals surface area contributed by atoms with Gasteiger partial charge in [-0.1, -0.05) is 36.5 Å². The second kappa shape index (κ2) is 6.55. The fourth-order valence-corrected chi connectivity index (χ4v) is 2.45. The van der Waals surface area contributed by atoms with Crippen LogP contribution in [0.2, 0.25) is 10.3 Å². The van der Waals surface area contributed by atoms with Gasteiger partial charge in [-0.15, -0.1) is 0 Å². The number of unbranched alkanes of at least 4 members (excludes halogenated alkanes) is 1. The smallest absolute Gasteiger partial charge is 0.228 e. The number of anilines is 1. The molecule has 0 unspecified atom stereocenters. The molecule has 1 aliphatic rings. The van der Waals surface area contributed by atoms with E-state index in [1.54, 1.807) is 0 Å². The summed E-state index contributed by atoms with van der Waals surface area (Å²) in [6, 6.07) is 0. The molecule has 0 amide bonds. The molecule has 0 aliphatic carbocycles. The molecule has 0 spiro atoms. The summed E-state index contributed by atoms with van der Waals surface area (Å²) in [4.78, 5) is 10.7. The third-order valence-corrected chi connectivity index (χ3v) is 3.59. The minimum atomic E-state index is 0.477. The average molecular weight is 290 g/mol. The van der Waals surface area contributed by atoms with Gasteiger partial charge in [0, 0.05) is 18.7 Å². The molecule has 1 aromatic heterocycles. The maximum atomic E-state index is 6.20. The molecule has 100 valence electrons. The number of ether oxygens (including phenoxy) is 1. The van der Waals surface area contributed by atoms with Crippen molar-refractivity contribution < 1.29 is 4.74 Å². The van der Waals surface area contributed by atoms with Crippen molar-refractivity contribution in [3.8, 4) is 0 Å². The molecular weight excluding hydrogens is 273 g/mol. The zero-order chi connectivity index (χ0) is 13.0. The molecule has 0 saturated carbocycles. The first kappa shape index (κ1) is 13.8. The summed E-state index contributed by atoms with van der Waals surface area (Å²) >= 11 is 12.4. The molecule has 1 fully saturated rings. The van der Waals surface area contributed by atoms with Gasteiger partial charge in [-0.25, -0.2) is 9.97 Å². The van der Waals surface area contributed by atoms with E-state index >= 15 is 0 Å². The summed E-state index contributed by atoms with van der Waals surface area (Å²) in [6.45, 7) is 5.07. The Labute approximate surface area is 117 Å². The van der Waals surface area contributed by atoms with Crippen molar-refractivity contribution in [2.75, 3.05) is 31.2 Å². The van der Waals surface area contributed by atoms with Gasteiger partial charge in [-0.05, 0) is 12.8 Å². The second-order valence-electron chi connectivity index (χ2n) is 4.29. The minimum absolute atomic E-state index is 0.477. The first-order valence-corrected chi connectivity index (χ1v) is 7.02. The molecule has 0 N–H and O–H groups in total. The SMILES string of the molecule is CCCCc1c(Cl)nc(N2CCOCC2)nc1Cl. The summed E-state index contributed by atoms with van der Waals surface area (Å²) in [5.74, 6) is 0.605. The number of aromatic nitrogens is 2. The van der Waals surface area contributed by atoms with Gasteiger partial charge in [0.1, 0.15) is 10.3 Å². The van der Waals surface area contributed by atoms with Crippen LogP contribution in [-0.4, -0.2) is 36.3 Å². The van der Waals surface area contributed by atoms with Crippen LogP contribution in [0.4, 0.5) is 5.95 Å². The largest absolute Gasteiger partial charge is 0.378 e. The number of morpholine rings is 1. The Morgan fingerprint density at radius 3 is 2.33 bits per heavy atom. The minimum Gasteiger partial charge on any atom is -0.378 e. The van der Waals surface area contributed by atoms with E-state index in [0.717, 1.165) is 37.9 Å². The normalized spacial score (nSPS) is 16.1. The quantitative estimate of drug-likeness (QED) is 0.799. The molecule has 1 aromatic rings. The van der Waals surface area contributed by atoms with Crippen LogP contribution in [-0.2, 0) is 11.2 Å². The zero-order valence-electron chi connectivity index (χ0n) is 10.5. The van der Waals surface area contributed by atoms with Crippen LogP contribution < -0.4 is 4.90 Å². The van der Waals surface area contributed by atoms with Crippen molar-refractivity contribution in [3.63, 3.8) is 0 Å². The Kier molecular flexibility index (Phi) is 5.03. The predicted molar refractivity (Wildman–Crippen MR) is 73.7 cm³/mol. The Morgan fingerprint density at radius 1 is 1.17 bits per heavy atom. The fourth-order valence-electron chi connectivity index (χ4n) is 1.89. The van der Waals surface area contributed by atoms with Gasteiger partial charge in [-0.3, -0.25) is 0 Å². The summed E-state index contributed by atoms with van der Waals surface area (Å²) in [5.41, 5.74) is 0.859. The van der Waals surface area contributed by atoms with E-state index in [2.05, 4.69) is 16.9 Å². The number of hydrogen-bond acceptors (Lipinski definition) is 4. The summed E-state index contributed by atoms with van der Waals surface area (Å²) in [7, 11) is 0. The lowest BCUT2D eigenvalue weighted by Crippen LogP contribution is -2.37. The summed E-state index contributed by atoms with van der Waals surface area (Å²) < 4.78 is 5.30. The number of halogens is 2. The van der Waals surface area contributed by atoms with Crippen molar-refractivity contribution in [1.82, 2.24) is 9.97 Å². The standard InChI is InChI=1S/C12H17Cl2N3O/c1-2-3-4-9-10(13)15-12(16-11(9)14)17-5-7-18-8-6-17/h2-8H2,1H3. The Balaban J connectivity index is 2.18. The van der Waals surface area contributed by atoms with Crippen LogP contribution in [0.5, 0.6) is 0 Å². The molecule has 0 aromatic carbocycles. The highest BCUT2D eigenvalue weighted by atomic mass is 35.5. The Bertz CT molecular complexity index is 385. The van der Waals surface area contributed by atoms with E-state index in [4.69, 9.17) is 27.9 Å². The van der Waals surface area contributed by atoms with Crippen molar-refractivity contribution in [2.45, 2.75) is 26.2 Å².